The Labute approximate surface area is 137 Å². The van der Waals surface area contributed by atoms with Crippen LogP contribution in [0.3, 0.4) is 0 Å². The quantitative estimate of drug-likeness (QED) is 0.501. The van der Waals surface area contributed by atoms with E-state index in [1.54, 1.807) is 18.6 Å². The van der Waals surface area contributed by atoms with E-state index in [4.69, 9.17) is 5.73 Å². The second-order valence-electron chi connectivity index (χ2n) is 7.09. The van der Waals surface area contributed by atoms with Gasteiger partial charge >= 0.3 is 5.97 Å². The SMILES string of the molecule is CB(O)CCC[C@]12CCCN(C(=O)[C@H](C)N)[C@H]1CN[C@@H]2C(=O)O. The highest BCUT2D eigenvalue weighted by Crippen LogP contribution is 2.46. The monoisotopic (exact) mass is 325 g/mol. The van der Waals surface area contributed by atoms with Gasteiger partial charge < -0.3 is 26.1 Å². The molecule has 0 radical (unpaired) electrons. The van der Waals surface area contributed by atoms with Gasteiger partial charge in [-0.3, -0.25) is 9.59 Å². The van der Waals surface area contributed by atoms with Crippen LogP contribution in [0.25, 0.3) is 0 Å². The van der Waals surface area contributed by atoms with E-state index in [0.717, 1.165) is 19.3 Å². The summed E-state index contributed by atoms with van der Waals surface area (Å²) < 4.78 is 0. The van der Waals surface area contributed by atoms with Crippen LogP contribution in [0.15, 0.2) is 0 Å². The number of fused-ring (bicyclic) bond motifs is 1. The first-order valence-electron chi connectivity index (χ1n) is 8.50. The molecule has 130 valence electrons. The van der Waals surface area contributed by atoms with Crippen LogP contribution in [0.4, 0.5) is 0 Å². The molecule has 0 aromatic heterocycles. The van der Waals surface area contributed by atoms with E-state index in [9.17, 15) is 19.7 Å². The van der Waals surface area contributed by atoms with Crippen molar-refractivity contribution in [1.29, 1.82) is 0 Å². The number of likely N-dealkylation sites (tertiary alicyclic amines) is 1. The molecule has 8 heteroatoms. The van der Waals surface area contributed by atoms with E-state index in [2.05, 4.69) is 5.32 Å². The molecule has 0 aliphatic carbocycles. The van der Waals surface area contributed by atoms with Gasteiger partial charge in [-0.1, -0.05) is 13.2 Å². The van der Waals surface area contributed by atoms with Crippen LogP contribution in [0.2, 0.25) is 13.1 Å². The Morgan fingerprint density at radius 2 is 2.22 bits per heavy atom. The van der Waals surface area contributed by atoms with Crippen molar-refractivity contribution in [3.05, 3.63) is 0 Å². The fraction of sp³-hybridized carbons (Fsp3) is 0.867. The van der Waals surface area contributed by atoms with Crippen LogP contribution in [0.5, 0.6) is 0 Å². The molecule has 2 saturated heterocycles. The lowest BCUT2D eigenvalue weighted by atomic mass is 9.62. The molecule has 0 saturated carbocycles. The summed E-state index contributed by atoms with van der Waals surface area (Å²) in [5.41, 5.74) is 5.30. The van der Waals surface area contributed by atoms with Crippen molar-refractivity contribution >= 4 is 18.8 Å². The number of aliphatic carboxylic acids is 1. The molecule has 4 atom stereocenters. The highest BCUT2D eigenvalue weighted by molar-refractivity contribution is 6.48. The van der Waals surface area contributed by atoms with E-state index < -0.39 is 30.4 Å². The second kappa shape index (κ2) is 7.19. The molecule has 5 N–H and O–H groups in total. The molecule has 2 heterocycles. The predicted molar refractivity (Wildman–Crippen MR) is 88.1 cm³/mol. The minimum absolute atomic E-state index is 0.109. The normalized spacial score (nSPS) is 31.6. The molecule has 0 aromatic rings. The topological polar surface area (TPSA) is 116 Å². The third-order valence-corrected chi connectivity index (χ3v) is 5.36. The number of piperidine rings is 1. The molecular weight excluding hydrogens is 297 g/mol. The Hall–Kier alpha value is -1.12. The van der Waals surface area contributed by atoms with Gasteiger partial charge in [-0.25, -0.2) is 0 Å². The van der Waals surface area contributed by atoms with Gasteiger partial charge in [0.2, 0.25) is 5.91 Å². The van der Waals surface area contributed by atoms with Crippen molar-refractivity contribution < 1.29 is 19.7 Å². The van der Waals surface area contributed by atoms with Crippen molar-refractivity contribution in [3.8, 4) is 0 Å². The average Bonchev–Trinajstić information content (AvgIpc) is 2.85. The molecule has 23 heavy (non-hydrogen) atoms. The number of nitrogens with one attached hydrogen (secondary N) is 1. The number of carbonyl (C=O) groups is 2. The van der Waals surface area contributed by atoms with E-state index in [-0.39, 0.29) is 11.9 Å². The van der Waals surface area contributed by atoms with Crippen LogP contribution in [-0.2, 0) is 9.59 Å². The minimum Gasteiger partial charge on any atom is -0.480 e. The van der Waals surface area contributed by atoms with Crippen molar-refractivity contribution in [2.75, 3.05) is 13.1 Å². The van der Waals surface area contributed by atoms with Crippen molar-refractivity contribution in [2.24, 2.45) is 11.1 Å². The molecular formula is C15H28BN3O4. The largest absolute Gasteiger partial charge is 0.480 e. The fourth-order valence-corrected chi connectivity index (χ4v) is 4.32. The second-order valence-corrected chi connectivity index (χ2v) is 7.09. The fourth-order valence-electron chi connectivity index (χ4n) is 4.32. The molecule has 2 rings (SSSR count). The summed E-state index contributed by atoms with van der Waals surface area (Å²) in [7, 11) is 0. The lowest BCUT2D eigenvalue weighted by molar-refractivity contribution is -0.148. The number of hydrogen-bond acceptors (Lipinski definition) is 5. The van der Waals surface area contributed by atoms with Gasteiger partial charge in [0.15, 0.2) is 0 Å². The number of amides is 1. The summed E-state index contributed by atoms with van der Waals surface area (Å²) in [6, 6.07) is -1.36. The summed E-state index contributed by atoms with van der Waals surface area (Å²) in [4.78, 5) is 25.9. The molecule has 0 unspecified atom stereocenters. The number of carboxylic acids is 1. The van der Waals surface area contributed by atoms with E-state index >= 15 is 0 Å². The van der Waals surface area contributed by atoms with Gasteiger partial charge in [0, 0.05) is 18.5 Å². The van der Waals surface area contributed by atoms with E-state index in [1.807, 2.05) is 0 Å². The van der Waals surface area contributed by atoms with Crippen LogP contribution in [-0.4, -0.2) is 65.0 Å². The van der Waals surface area contributed by atoms with E-state index in [0.29, 0.717) is 25.8 Å². The lowest BCUT2D eigenvalue weighted by Gasteiger charge is -2.48. The summed E-state index contributed by atoms with van der Waals surface area (Å²) >= 11 is 0. The number of nitrogens with two attached hydrogens (primary N) is 1. The molecule has 2 fully saturated rings. The average molecular weight is 325 g/mol. The maximum atomic E-state index is 12.4. The summed E-state index contributed by atoms with van der Waals surface area (Å²) in [5.74, 6) is -0.970. The first kappa shape index (κ1) is 18.2. The van der Waals surface area contributed by atoms with Crippen molar-refractivity contribution in [1.82, 2.24) is 10.2 Å². The zero-order chi connectivity index (χ0) is 17.2. The Morgan fingerprint density at radius 1 is 1.52 bits per heavy atom. The van der Waals surface area contributed by atoms with E-state index in [1.165, 1.54) is 0 Å². The van der Waals surface area contributed by atoms with Gasteiger partial charge in [0.1, 0.15) is 6.04 Å². The van der Waals surface area contributed by atoms with Crippen molar-refractivity contribution in [3.63, 3.8) is 0 Å². The lowest BCUT2D eigenvalue weighted by Crippen LogP contribution is -2.59. The van der Waals surface area contributed by atoms with Gasteiger partial charge in [-0.05, 0) is 32.5 Å². The Balaban J connectivity index is 2.25. The number of nitrogens with zero attached hydrogens (tertiary/aromatic N) is 1. The Morgan fingerprint density at radius 3 is 2.78 bits per heavy atom. The zero-order valence-corrected chi connectivity index (χ0v) is 14.0. The molecule has 2 aliphatic rings. The first-order valence-corrected chi connectivity index (χ1v) is 8.50. The number of carbonyl (C=O) groups excluding carboxylic acids is 1. The van der Waals surface area contributed by atoms with Gasteiger partial charge in [0.25, 0.3) is 6.92 Å². The number of hydrogen-bond donors (Lipinski definition) is 4. The maximum Gasteiger partial charge on any atom is 0.321 e. The third kappa shape index (κ3) is 3.54. The Bertz CT molecular complexity index is 460. The standard InChI is InChI=1S/C15H28BN3O4/c1-10(17)13(20)19-8-4-6-15(5-3-7-16(2)23)11(19)9-18-12(15)14(21)22/h10-12,18,23H,3-9,17H2,1-2H3,(H,21,22)/t10-,11-,12+,15-/m0/s1. The molecule has 7 nitrogen and oxygen atoms in total. The summed E-state index contributed by atoms with van der Waals surface area (Å²) in [5, 5.41) is 22.2. The molecule has 0 bridgehead atoms. The molecule has 1 amide bonds. The molecule has 0 aromatic carbocycles. The number of carboxylic acid groups (broad SMARTS) is 1. The van der Waals surface area contributed by atoms with Crippen LogP contribution >= 0.6 is 0 Å². The van der Waals surface area contributed by atoms with Crippen molar-refractivity contribution in [2.45, 2.75) is 63.9 Å². The smallest absolute Gasteiger partial charge is 0.321 e. The van der Waals surface area contributed by atoms with Gasteiger partial charge in [-0.15, -0.1) is 0 Å². The summed E-state index contributed by atoms with van der Waals surface area (Å²) in [6.07, 6.45) is 3.65. The Kier molecular flexibility index (Phi) is 5.70. The number of rotatable bonds is 6. The first-order chi connectivity index (χ1) is 10.8. The molecule has 2 aliphatic heterocycles. The minimum atomic E-state index is -0.861. The highest BCUT2D eigenvalue weighted by Gasteiger charge is 2.57. The van der Waals surface area contributed by atoms with Crippen LogP contribution in [0.1, 0.15) is 32.6 Å². The third-order valence-electron chi connectivity index (χ3n) is 5.36. The highest BCUT2D eigenvalue weighted by atomic mass is 16.4. The van der Waals surface area contributed by atoms with Crippen LogP contribution in [0, 0.1) is 5.41 Å². The molecule has 0 spiro atoms. The predicted octanol–water partition coefficient (Wildman–Crippen LogP) is -0.239. The maximum absolute atomic E-state index is 12.4. The van der Waals surface area contributed by atoms with Crippen LogP contribution < -0.4 is 11.1 Å². The summed E-state index contributed by atoms with van der Waals surface area (Å²) in [6.45, 7) is 4.14. The van der Waals surface area contributed by atoms with Gasteiger partial charge in [0.05, 0.1) is 12.1 Å². The van der Waals surface area contributed by atoms with Gasteiger partial charge in [-0.2, -0.15) is 0 Å². The zero-order valence-electron chi connectivity index (χ0n) is 14.0.